The minimum atomic E-state index is -0.621. The van der Waals surface area contributed by atoms with Crippen LogP contribution in [0.15, 0.2) is 43.3 Å². The van der Waals surface area contributed by atoms with Gasteiger partial charge in [-0.05, 0) is 40.0 Å². The number of aryl methyl sites for hydroxylation is 1. The molecule has 0 amide bonds. The van der Waals surface area contributed by atoms with Crippen LogP contribution < -0.4 is 10.9 Å². The van der Waals surface area contributed by atoms with Crippen molar-refractivity contribution >= 4 is 27.5 Å². The third kappa shape index (κ3) is 2.64. The molecule has 26 heavy (non-hydrogen) atoms. The van der Waals surface area contributed by atoms with Gasteiger partial charge in [-0.25, -0.2) is 9.18 Å². The zero-order valence-corrected chi connectivity index (χ0v) is 15.6. The summed E-state index contributed by atoms with van der Waals surface area (Å²) in [6, 6.07) is 4.50. The number of ether oxygens (including phenoxy) is 1. The van der Waals surface area contributed by atoms with Crippen LogP contribution in [-0.2, 0) is 16.1 Å². The predicted octanol–water partition coefficient (Wildman–Crippen LogP) is 3.16. The average Bonchev–Trinajstić information content (AvgIpc) is 2.92. The molecule has 136 valence electrons. The molecule has 4 rings (SSSR count). The Labute approximate surface area is 156 Å². The first-order chi connectivity index (χ1) is 12.5. The molecule has 1 aromatic carbocycles. The van der Waals surface area contributed by atoms with Crippen molar-refractivity contribution in [3.05, 3.63) is 61.3 Å². The number of fused-ring (bicyclic) bond motifs is 1. The molecule has 2 aliphatic heterocycles. The minimum absolute atomic E-state index is 0.0459. The maximum absolute atomic E-state index is 13.7. The normalized spacial score (nSPS) is 19.2. The highest BCUT2D eigenvalue weighted by Gasteiger charge is 2.40. The number of carbonyl (C=O) groups excluding carboxylic acids is 1. The van der Waals surface area contributed by atoms with Crippen LogP contribution in [0.2, 0.25) is 0 Å². The Morgan fingerprint density at radius 2 is 2.15 bits per heavy atom. The third-order valence-corrected chi connectivity index (χ3v) is 5.18. The molecule has 1 aromatic heterocycles. The van der Waals surface area contributed by atoms with Gasteiger partial charge in [-0.15, -0.1) is 0 Å². The molecule has 8 heteroatoms. The maximum atomic E-state index is 13.7. The number of benzene rings is 1. The first-order valence-electron chi connectivity index (χ1n) is 8.31. The van der Waals surface area contributed by atoms with E-state index in [1.807, 2.05) is 6.92 Å². The van der Waals surface area contributed by atoms with Crippen LogP contribution in [0.25, 0.3) is 0 Å². The van der Waals surface area contributed by atoms with E-state index in [0.29, 0.717) is 34.8 Å². The minimum Gasteiger partial charge on any atom is -0.367 e. The first kappa shape index (κ1) is 17.2. The number of Topliss-reactive ketones (excluding diaryl/α,β-unsaturated/α-hetero) is 1. The molecule has 0 aliphatic carbocycles. The molecule has 0 saturated heterocycles. The molecule has 1 N–H and O–H groups in total. The second-order valence-corrected chi connectivity index (χ2v) is 7.14. The molecule has 0 spiro atoms. The first-order valence-corrected chi connectivity index (χ1v) is 9.10. The Kier molecular flexibility index (Phi) is 4.32. The number of hydrogen-bond acceptors (Lipinski definition) is 5. The van der Waals surface area contributed by atoms with Crippen molar-refractivity contribution in [2.24, 2.45) is 0 Å². The van der Waals surface area contributed by atoms with Crippen LogP contribution >= 0.6 is 15.9 Å². The SMILES string of the molecule is CCCn1oc(=O)c2c1NC1=C(C(=O)COC1)C2c1ccc(F)c(Br)c1. The maximum Gasteiger partial charge on any atom is 0.363 e. The number of ketones is 1. The quantitative estimate of drug-likeness (QED) is 0.821. The molecule has 2 aromatic rings. The highest BCUT2D eigenvalue weighted by molar-refractivity contribution is 9.10. The van der Waals surface area contributed by atoms with Gasteiger partial charge in [0, 0.05) is 5.57 Å². The van der Waals surface area contributed by atoms with Gasteiger partial charge in [-0.1, -0.05) is 13.0 Å². The topological polar surface area (TPSA) is 73.5 Å². The lowest BCUT2D eigenvalue weighted by molar-refractivity contribution is -0.121. The molecule has 2 aliphatic rings. The van der Waals surface area contributed by atoms with E-state index in [1.165, 1.54) is 10.8 Å². The van der Waals surface area contributed by atoms with Crippen molar-refractivity contribution in [3.63, 3.8) is 0 Å². The molecular weight excluding hydrogens is 407 g/mol. The van der Waals surface area contributed by atoms with Gasteiger partial charge < -0.3 is 14.6 Å². The van der Waals surface area contributed by atoms with Gasteiger partial charge in [-0.2, -0.15) is 4.74 Å². The lowest BCUT2D eigenvalue weighted by Crippen LogP contribution is -2.34. The van der Waals surface area contributed by atoms with Crippen LogP contribution in [0.4, 0.5) is 10.2 Å². The fourth-order valence-electron chi connectivity index (χ4n) is 3.49. The fraction of sp³-hybridized carbons (Fsp3) is 0.333. The van der Waals surface area contributed by atoms with Crippen LogP contribution in [0, 0.1) is 5.82 Å². The zero-order valence-electron chi connectivity index (χ0n) is 14.0. The van der Waals surface area contributed by atoms with Crippen molar-refractivity contribution in [3.8, 4) is 0 Å². The van der Waals surface area contributed by atoms with E-state index in [-0.39, 0.29) is 23.5 Å². The standard InChI is InChI=1S/C18H16BrFN2O4/c1-2-5-22-17-16(18(24)26-22)14(9-3-4-11(20)10(19)6-9)15-12(21-17)7-25-8-13(15)23/h3-4,6,14,21H,2,5,7-8H2,1H3. The second kappa shape index (κ2) is 6.51. The van der Waals surface area contributed by atoms with Gasteiger partial charge >= 0.3 is 5.63 Å². The van der Waals surface area contributed by atoms with Crippen LogP contribution in [0.5, 0.6) is 0 Å². The van der Waals surface area contributed by atoms with E-state index in [2.05, 4.69) is 21.2 Å². The van der Waals surface area contributed by atoms with Crippen LogP contribution in [0.3, 0.4) is 0 Å². The van der Waals surface area contributed by atoms with Crippen molar-refractivity contribution in [2.45, 2.75) is 25.8 Å². The van der Waals surface area contributed by atoms with E-state index in [4.69, 9.17) is 9.26 Å². The lowest BCUT2D eigenvalue weighted by atomic mass is 9.80. The summed E-state index contributed by atoms with van der Waals surface area (Å²) < 4.78 is 26.2. The van der Waals surface area contributed by atoms with Gasteiger partial charge in [0.15, 0.2) is 11.6 Å². The van der Waals surface area contributed by atoms with Gasteiger partial charge in [0.25, 0.3) is 0 Å². The Morgan fingerprint density at radius 3 is 2.88 bits per heavy atom. The lowest BCUT2D eigenvalue weighted by Gasteiger charge is -2.31. The summed E-state index contributed by atoms with van der Waals surface area (Å²) in [5.41, 5.74) is 1.60. The molecule has 6 nitrogen and oxygen atoms in total. The molecule has 1 unspecified atom stereocenters. The van der Waals surface area contributed by atoms with Gasteiger partial charge in [0.05, 0.1) is 34.8 Å². The fourth-order valence-corrected chi connectivity index (χ4v) is 3.89. The molecule has 0 saturated carbocycles. The van der Waals surface area contributed by atoms with Crippen molar-refractivity contribution in [1.29, 1.82) is 0 Å². The summed E-state index contributed by atoms with van der Waals surface area (Å²) in [6.45, 7) is 2.69. The summed E-state index contributed by atoms with van der Waals surface area (Å²) in [7, 11) is 0. The Hall–Kier alpha value is -2.19. The van der Waals surface area contributed by atoms with E-state index < -0.39 is 17.4 Å². The number of aromatic nitrogens is 1. The Bertz CT molecular complexity index is 992. The van der Waals surface area contributed by atoms with Crippen LogP contribution in [-0.4, -0.2) is 23.7 Å². The van der Waals surface area contributed by atoms with E-state index in [1.54, 1.807) is 12.1 Å². The smallest absolute Gasteiger partial charge is 0.363 e. The van der Waals surface area contributed by atoms with E-state index in [0.717, 1.165) is 6.42 Å². The highest BCUT2D eigenvalue weighted by Crippen LogP contribution is 2.42. The summed E-state index contributed by atoms with van der Waals surface area (Å²) >= 11 is 3.18. The predicted molar refractivity (Wildman–Crippen MR) is 95.7 cm³/mol. The van der Waals surface area contributed by atoms with E-state index >= 15 is 0 Å². The summed E-state index contributed by atoms with van der Waals surface area (Å²) in [6.07, 6.45) is 0.778. The van der Waals surface area contributed by atoms with Crippen LogP contribution in [0.1, 0.15) is 30.4 Å². The Morgan fingerprint density at radius 1 is 1.35 bits per heavy atom. The number of nitrogens with one attached hydrogen (secondary N) is 1. The number of rotatable bonds is 3. The number of halogens is 2. The highest BCUT2D eigenvalue weighted by atomic mass is 79.9. The van der Waals surface area contributed by atoms with Gasteiger partial charge in [0.1, 0.15) is 12.4 Å². The largest absolute Gasteiger partial charge is 0.367 e. The number of nitrogens with zero attached hydrogens (tertiary/aromatic N) is 1. The molecular formula is C18H16BrFN2O4. The number of carbonyl (C=O) groups is 1. The third-order valence-electron chi connectivity index (χ3n) is 4.57. The van der Waals surface area contributed by atoms with Gasteiger partial charge in [-0.3, -0.25) is 4.79 Å². The van der Waals surface area contributed by atoms with Crippen molar-refractivity contribution < 1.29 is 18.4 Å². The summed E-state index contributed by atoms with van der Waals surface area (Å²) in [4.78, 5) is 25.2. The molecule has 0 radical (unpaired) electrons. The average molecular weight is 423 g/mol. The molecule has 0 fully saturated rings. The van der Waals surface area contributed by atoms with Gasteiger partial charge in [0.2, 0.25) is 0 Å². The van der Waals surface area contributed by atoms with Crippen molar-refractivity contribution in [2.75, 3.05) is 18.5 Å². The summed E-state index contributed by atoms with van der Waals surface area (Å²) in [5.74, 6) is -0.702. The van der Waals surface area contributed by atoms with Crippen molar-refractivity contribution in [1.82, 2.24) is 4.74 Å². The molecule has 1 atom stereocenters. The Balaban J connectivity index is 1.97. The summed E-state index contributed by atoms with van der Waals surface area (Å²) in [5, 5.41) is 3.15. The molecule has 0 bridgehead atoms. The van der Waals surface area contributed by atoms with E-state index in [9.17, 15) is 14.0 Å². The molecule has 3 heterocycles. The number of anilines is 1. The monoisotopic (exact) mass is 422 g/mol. The zero-order chi connectivity index (χ0) is 18.4. The number of hydrogen-bond donors (Lipinski definition) is 1. The second-order valence-electron chi connectivity index (χ2n) is 6.28.